The highest BCUT2D eigenvalue weighted by atomic mass is 35.5. The molecular formula is C26H32ClN5O. The van der Waals surface area contributed by atoms with Crippen molar-refractivity contribution in [1.29, 1.82) is 0 Å². The van der Waals surface area contributed by atoms with Gasteiger partial charge < -0.3 is 5.32 Å². The summed E-state index contributed by atoms with van der Waals surface area (Å²) in [5.74, 6) is -0.0679. The van der Waals surface area contributed by atoms with Gasteiger partial charge in [0.15, 0.2) is 0 Å². The molecule has 2 saturated heterocycles. The van der Waals surface area contributed by atoms with Crippen LogP contribution in [0.25, 0.3) is 5.65 Å². The largest absolute Gasteiger partial charge is 0.349 e. The van der Waals surface area contributed by atoms with E-state index in [9.17, 15) is 4.79 Å². The van der Waals surface area contributed by atoms with Gasteiger partial charge in [-0.25, -0.2) is 4.98 Å². The van der Waals surface area contributed by atoms with Crippen LogP contribution in [0.4, 0.5) is 0 Å². The average Bonchev–Trinajstić information content (AvgIpc) is 3.50. The van der Waals surface area contributed by atoms with Crippen molar-refractivity contribution in [2.75, 3.05) is 32.7 Å². The number of nitrogens with one attached hydrogen (secondary N) is 1. The Morgan fingerprint density at radius 1 is 0.970 bits per heavy atom. The van der Waals surface area contributed by atoms with Crippen LogP contribution in [0.15, 0.2) is 48.7 Å². The van der Waals surface area contributed by atoms with Gasteiger partial charge in [0.05, 0.1) is 11.7 Å². The monoisotopic (exact) mass is 465 g/mol. The molecule has 2 aromatic heterocycles. The van der Waals surface area contributed by atoms with E-state index in [-0.39, 0.29) is 11.9 Å². The van der Waals surface area contributed by atoms with E-state index in [1.165, 1.54) is 37.7 Å². The molecule has 0 radical (unpaired) electrons. The van der Waals surface area contributed by atoms with Crippen molar-refractivity contribution >= 4 is 23.2 Å². The quantitative estimate of drug-likeness (QED) is 0.556. The van der Waals surface area contributed by atoms with E-state index in [1.807, 2.05) is 40.9 Å². The average molecular weight is 466 g/mol. The van der Waals surface area contributed by atoms with Crippen LogP contribution in [0.2, 0.25) is 5.02 Å². The molecule has 174 valence electrons. The van der Waals surface area contributed by atoms with E-state index in [0.29, 0.717) is 12.2 Å². The summed E-state index contributed by atoms with van der Waals surface area (Å²) in [5.41, 5.74) is 3.66. The predicted molar refractivity (Wildman–Crippen MR) is 132 cm³/mol. The summed E-state index contributed by atoms with van der Waals surface area (Å²) in [6, 6.07) is 13.9. The molecular weight excluding hydrogens is 434 g/mol. The Kier molecular flexibility index (Phi) is 6.95. The number of rotatable bonds is 7. The van der Waals surface area contributed by atoms with Crippen molar-refractivity contribution in [3.05, 3.63) is 70.6 Å². The number of piperidine rings is 1. The molecule has 2 aliphatic heterocycles. The lowest BCUT2D eigenvalue weighted by Gasteiger charge is -2.35. The predicted octanol–water partition coefficient (Wildman–Crippen LogP) is 4.54. The number of pyridine rings is 1. The van der Waals surface area contributed by atoms with Crippen LogP contribution >= 0.6 is 11.6 Å². The van der Waals surface area contributed by atoms with Gasteiger partial charge in [0.2, 0.25) is 0 Å². The molecule has 4 heterocycles. The van der Waals surface area contributed by atoms with Gasteiger partial charge in [-0.2, -0.15) is 0 Å². The highest BCUT2D eigenvalue weighted by Gasteiger charge is 2.24. The maximum Gasteiger partial charge on any atom is 0.268 e. The molecule has 33 heavy (non-hydrogen) atoms. The molecule has 6 nitrogen and oxygen atoms in total. The van der Waals surface area contributed by atoms with Crippen LogP contribution in [-0.2, 0) is 6.54 Å². The van der Waals surface area contributed by atoms with Crippen LogP contribution in [0.1, 0.15) is 59.9 Å². The van der Waals surface area contributed by atoms with Gasteiger partial charge in [0.25, 0.3) is 5.91 Å². The lowest BCUT2D eigenvalue weighted by atomic mass is 10.0. The summed E-state index contributed by atoms with van der Waals surface area (Å²) in [4.78, 5) is 23.0. The van der Waals surface area contributed by atoms with Gasteiger partial charge in [0.1, 0.15) is 11.3 Å². The summed E-state index contributed by atoms with van der Waals surface area (Å²) in [6.07, 6.45) is 8.21. The number of halogens is 1. The van der Waals surface area contributed by atoms with Gasteiger partial charge >= 0.3 is 0 Å². The summed E-state index contributed by atoms with van der Waals surface area (Å²) in [5, 5.41) is 3.94. The zero-order chi connectivity index (χ0) is 22.6. The SMILES string of the molecule is O=C(NCC(c1ccc(Cl)cc1)N1CCCCC1)c1cccc2nc(CN3CCCC3)cn12. The third-order valence-electron chi connectivity index (χ3n) is 6.90. The first kappa shape index (κ1) is 22.4. The number of benzene rings is 1. The molecule has 5 rings (SSSR count). The van der Waals surface area contributed by atoms with Crippen molar-refractivity contribution in [2.45, 2.75) is 44.7 Å². The number of fused-ring (bicyclic) bond motifs is 1. The molecule has 3 aromatic rings. The van der Waals surface area contributed by atoms with Crippen molar-refractivity contribution in [2.24, 2.45) is 0 Å². The number of carbonyl (C=O) groups is 1. The summed E-state index contributed by atoms with van der Waals surface area (Å²) in [6.45, 7) is 5.77. The minimum absolute atomic E-state index is 0.0679. The molecule has 1 atom stereocenters. The molecule has 1 amide bonds. The van der Waals surface area contributed by atoms with Crippen LogP contribution < -0.4 is 5.32 Å². The zero-order valence-corrected chi connectivity index (χ0v) is 19.8. The topological polar surface area (TPSA) is 52.9 Å². The molecule has 0 saturated carbocycles. The Bertz CT molecular complexity index is 1080. The second-order valence-corrected chi connectivity index (χ2v) is 9.67. The molecule has 1 N–H and O–H groups in total. The second kappa shape index (κ2) is 10.2. The standard InChI is InChI=1S/C26H32ClN5O/c27-21-11-9-20(10-12-21)24(31-15-2-1-3-16-31)17-28-26(33)23-7-6-8-25-29-22(19-32(23)25)18-30-13-4-5-14-30/h6-12,19,24H,1-5,13-18H2,(H,28,33). The van der Waals surface area contributed by atoms with Crippen LogP contribution in [0, 0.1) is 0 Å². The zero-order valence-electron chi connectivity index (χ0n) is 19.0. The molecule has 0 bridgehead atoms. The van der Waals surface area contributed by atoms with Gasteiger partial charge in [-0.15, -0.1) is 0 Å². The molecule has 0 spiro atoms. The summed E-state index contributed by atoms with van der Waals surface area (Å²) >= 11 is 6.13. The summed E-state index contributed by atoms with van der Waals surface area (Å²) in [7, 11) is 0. The van der Waals surface area contributed by atoms with Gasteiger partial charge in [0, 0.05) is 24.3 Å². The highest BCUT2D eigenvalue weighted by molar-refractivity contribution is 6.30. The van der Waals surface area contributed by atoms with E-state index in [0.717, 1.165) is 49.1 Å². The smallest absolute Gasteiger partial charge is 0.268 e. The number of hydrogen-bond acceptors (Lipinski definition) is 4. The fraction of sp³-hybridized carbons (Fsp3) is 0.462. The number of hydrogen-bond donors (Lipinski definition) is 1. The van der Waals surface area contributed by atoms with Crippen molar-refractivity contribution < 1.29 is 4.79 Å². The molecule has 2 fully saturated rings. The van der Waals surface area contributed by atoms with Gasteiger partial charge in [-0.05, 0) is 81.7 Å². The Morgan fingerprint density at radius 2 is 1.70 bits per heavy atom. The Labute approximate surface area is 200 Å². The lowest BCUT2D eigenvalue weighted by Crippen LogP contribution is -2.41. The number of likely N-dealkylation sites (tertiary alicyclic amines) is 2. The number of imidazole rings is 1. The third-order valence-corrected chi connectivity index (χ3v) is 7.15. The first-order valence-corrected chi connectivity index (χ1v) is 12.5. The van der Waals surface area contributed by atoms with Crippen LogP contribution in [0.3, 0.4) is 0 Å². The molecule has 1 aromatic carbocycles. The van der Waals surface area contributed by atoms with Crippen molar-refractivity contribution in [3.63, 3.8) is 0 Å². The maximum absolute atomic E-state index is 13.3. The number of amides is 1. The minimum Gasteiger partial charge on any atom is -0.349 e. The molecule has 1 unspecified atom stereocenters. The van der Waals surface area contributed by atoms with E-state index >= 15 is 0 Å². The van der Waals surface area contributed by atoms with Crippen LogP contribution in [0.5, 0.6) is 0 Å². The first-order chi connectivity index (χ1) is 16.2. The van der Waals surface area contributed by atoms with Crippen molar-refractivity contribution in [1.82, 2.24) is 24.5 Å². The fourth-order valence-corrected chi connectivity index (χ4v) is 5.27. The van der Waals surface area contributed by atoms with E-state index in [1.54, 1.807) is 0 Å². The lowest BCUT2D eigenvalue weighted by molar-refractivity contribution is 0.0918. The van der Waals surface area contributed by atoms with E-state index < -0.39 is 0 Å². The third kappa shape index (κ3) is 5.24. The maximum atomic E-state index is 13.3. The van der Waals surface area contributed by atoms with E-state index in [4.69, 9.17) is 16.6 Å². The fourth-order valence-electron chi connectivity index (χ4n) is 5.14. The second-order valence-electron chi connectivity index (χ2n) is 9.23. The highest BCUT2D eigenvalue weighted by Crippen LogP contribution is 2.25. The van der Waals surface area contributed by atoms with Crippen LogP contribution in [-0.4, -0.2) is 57.8 Å². The number of aromatic nitrogens is 2. The summed E-state index contributed by atoms with van der Waals surface area (Å²) < 4.78 is 1.93. The molecule has 7 heteroatoms. The van der Waals surface area contributed by atoms with E-state index in [2.05, 4.69) is 27.2 Å². The Hall–Kier alpha value is -2.41. The minimum atomic E-state index is -0.0679. The Balaban J connectivity index is 1.32. The number of carbonyl (C=O) groups excluding carboxylic acids is 1. The first-order valence-electron chi connectivity index (χ1n) is 12.1. The normalized spacial score (nSPS) is 18.6. The van der Waals surface area contributed by atoms with Gasteiger partial charge in [-0.3, -0.25) is 19.0 Å². The molecule has 2 aliphatic rings. The molecule has 0 aliphatic carbocycles. The Morgan fingerprint density at radius 3 is 2.45 bits per heavy atom. The van der Waals surface area contributed by atoms with Crippen molar-refractivity contribution in [3.8, 4) is 0 Å². The van der Waals surface area contributed by atoms with Gasteiger partial charge in [-0.1, -0.05) is 36.2 Å². The number of nitrogens with zero attached hydrogens (tertiary/aromatic N) is 4.